The number of aliphatic hydroxyl groups excluding tert-OH is 1. The summed E-state index contributed by atoms with van der Waals surface area (Å²) in [6, 6.07) is 3.03. The van der Waals surface area contributed by atoms with Gasteiger partial charge in [0.15, 0.2) is 5.15 Å². The van der Waals surface area contributed by atoms with E-state index in [-0.39, 0.29) is 12.6 Å². The number of nitrogens with one attached hydrogen (secondary N) is 1. The molecule has 0 saturated heterocycles. The zero-order valence-corrected chi connectivity index (χ0v) is 7.70. The number of nitrogens with zero attached hydrogens (tertiary/aromatic N) is 2. The van der Waals surface area contributed by atoms with Crippen LogP contribution in [0.25, 0.3) is 0 Å². The second kappa shape index (κ2) is 4.96. The molecule has 13 heavy (non-hydrogen) atoms. The van der Waals surface area contributed by atoms with Crippen LogP contribution in [0.15, 0.2) is 12.1 Å². The molecular weight excluding hydrogens is 192 g/mol. The van der Waals surface area contributed by atoms with Crippen LogP contribution >= 0.6 is 11.6 Å². The topological polar surface area (TPSA) is 84.1 Å². The summed E-state index contributed by atoms with van der Waals surface area (Å²) in [4.78, 5) is 0. The molecule has 72 valence electrons. The van der Waals surface area contributed by atoms with Gasteiger partial charge in [0.2, 0.25) is 0 Å². The molecule has 1 atom stereocenters. The van der Waals surface area contributed by atoms with Gasteiger partial charge in [0.1, 0.15) is 5.82 Å². The highest BCUT2D eigenvalue weighted by Crippen LogP contribution is 2.05. The van der Waals surface area contributed by atoms with Crippen molar-refractivity contribution in [1.82, 2.24) is 10.2 Å². The van der Waals surface area contributed by atoms with E-state index >= 15 is 0 Å². The minimum Gasteiger partial charge on any atom is -0.395 e. The first-order valence-electron chi connectivity index (χ1n) is 3.82. The van der Waals surface area contributed by atoms with E-state index in [1.54, 1.807) is 12.1 Å². The molecule has 1 unspecified atom stereocenters. The fraction of sp³-hybridized carbons (Fsp3) is 0.429. The van der Waals surface area contributed by atoms with E-state index in [0.717, 1.165) is 0 Å². The van der Waals surface area contributed by atoms with Crippen LogP contribution in [0, 0.1) is 0 Å². The summed E-state index contributed by atoms with van der Waals surface area (Å²) >= 11 is 5.54. The van der Waals surface area contributed by atoms with Gasteiger partial charge in [-0.25, -0.2) is 0 Å². The Morgan fingerprint density at radius 1 is 1.54 bits per heavy atom. The van der Waals surface area contributed by atoms with Gasteiger partial charge >= 0.3 is 0 Å². The molecule has 1 aromatic heterocycles. The molecule has 0 aromatic carbocycles. The van der Waals surface area contributed by atoms with Crippen molar-refractivity contribution in [1.29, 1.82) is 0 Å². The second-order valence-corrected chi connectivity index (χ2v) is 2.95. The van der Waals surface area contributed by atoms with Gasteiger partial charge in [-0.3, -0.25) is 0 Å². The zero-order chi connectivity index (χ0) is 9.68. The van der Waals surface area contributed by atoms with Crippen molar-refractivity contribution in [2.45, 2.75) is 6.04 Å². The summed E-state index contributed by atoms with van der Waals surface area (Å²) in [6.45, 7) is 0.390. The standard InChI is InChI=1S/C7H11ClN4O/c8-6-1-2-7(12-11-6)10-3-5(9)4-13/h1-2,5,13H,3-4,9H2,(H,10,12). The first-order valence-corrected chi connectivity index (χ1v) is 4.19. The Labute approximate surface area is 80.9 Å². The Kier molecular flexibility index (Phi) is 3.88. The summed E-state index contributed by atoms with van der Waals surface area (Å²) in [6.07, 6.45) is 0. The third kappa shape index (κ3) is 3.54. The van der Waals surface area contributed by atoms with Gasteiger partial charge < -0.3 is 16.2 Å². The minimum atomic E-state index is -0.294. The number of hydrogen-bond acceptors (Lipinski definition) is 5. The Morgan fingerprint density at radius 2 is 2.31 bits per heavy atom. The van der Waals surface area contributed by atoms with E-state index in [4.69, 9.17) is 22.4 Å². The van der Waals surface area contributed by atoms with E-state index in [1.165, 1.54) is 0 Å². The van der Waals surface area contributed by atoms with E-state index < -0.39 is 0 Å². The van der Waals surface area contributed by atoms with Crippen LogP contribution in [0.2, 0.25) is 5.15 Å². The van der Waals surface area contributed by atoms with Crippen molar-refractivity contribution in [2.24, 2.45) is 5.73 Å². The highest BCUT2D eigenvalue weighted by Gasteiger charge is 2.00. The number of aliphatic hydroxyl groups is 1. The fourth-order valence-electron chi connectivity index (χ4n) is 0.710. The van der Waals surface area contributed by atoms with E-state index in [1.807, 2.05) is 0 Å². The molecule has 0 fully saturated rings. The molecule has 0 amide bonds. The third-order valence-electron chi connectivity index (χ3n) is 1.41. The van der Waals surface area contributed by atoms with E-state index in [9.17, 15) is 0 Å². The Bertz CT molecular complexity index is 253. The molecule has 0 bridgehead atoms. The molecule has 0 aliphatic rings. The third-order valence-corrected chi connectivity index (χ3v) is 1.61. The number of anilines is 1. The Morgan fingerprint density at radius 3 is 2.85 bits per heavy atom. The molecule has 5 nitrogen and oxygen atoms in total. The number of hydrogen-bond donors (Lipinski definition) is 3. The highest BCUT2D eigenvalue weighted by molar-refractivity contribution is 6.29. The predicted molar refractivity (Wildman–Crippen MR) is 50.6 cm³/mol. The molecule has 1 aromatic rings. The molecule has 0 aliphatic heterocycles. The van der Waals surface area contributed by atoms with Gasteiger partial charge in [-0.2, -0.15) is 0 Å². The van der Waals surface area contributed by atoms with Crippen molar-refractivity contribution >= 4 is 17.4 Å². The fourth-order valence-corrected chi connectivity index (χ4v) is 0.811. The highest BCUT2D eigenvalue weighted by atomic mass is 35.5. The van der Waals surface area contributed by atoms with Gasteiger partial charge in [-0.1, -0.05) is 11.6 Å². The summed E-state index contributed by atoms with van der Waals surface area (Å²) in [7, 11) is 0. The van der Waals surface area contributed by atoms with Crippen molar-refractivity contribution in [2.75, 3.05) is 18.5 Å². The van der Waals surface area contributed by atoms with Crippen LogP contribution in [0.5, 0.6) is 0 Å². The van der Waals surface area contributed by atoms with Crippen LogP contribution in [0.4, 0.5) is 5.82 Å². The van der Waals surface area contributed by atoms with Gasteiger partial charge in [-0.05, 0) is 12.1 Å². The normalized spacial score (nSPS) is 12.5. The van der Waals surface area contributed by atoms with Gasteiger partial charge in [-0.15, -0.1) is 10.2 Å². The van der Waals surface area contributed by atoms with Gasteiger partial charge in [0.05, 0.1) is 6.61 Å². The van der Waals surface area contributed by atoms with Crippen molar-refractivity contribution in [3.05, 3.63) is 17.3 Å². The van der Waals surface area contributed by atoms with Crippen LogP contribution in [0.1, 0.15) is 0 Å². The SMILES string of the molecule is NC(CO)CNc1ccc(Cl)nn1. The average molecular weight is 203 g/mol. The van der Waals surface area contributed by atoms with Crippen molar-refractivity contribution < 1.29 is 5.11 Å². The molecular formula is C7H11ClN4O. The lowest BCUT2D eigenvalue weighted by molar-refractivity contribution is 0.270. The number of nitrogens with two attached hydrogens (primary N) is 1. The minimum absolute atomic E-state index is 0.0615. The van der Waals surface area contributed by atoms with Crippen LogP contribution in [-0.2, 0) is 0 Å². The Hall–Kier alpha value is -0.910. The lowest BCUT2D eigenvalue weighted by Crippen LogP contribution is -2.32. The summed E-state index contributed by atoms with van der Waals surface area (Å²) in [5, 5.41) is 19.3. The first-order chi connectivity index (χ1) is 6.22. The summed E-state index contributed by atoms with van der Waals surface area (Å²) < 4.78 is 0. The smallest absolute Gasteiger partial charge is 0.151 e. The maximum absolute atomic E-state index is 8.63. The number of rotatable bonds is 4. The first kappa shape index (κ1) is 10.2. The van der Waals surface area contributed by atoms with Crippen molar-refractivity contribution in [3.63, 3.8) is 0 Å². The lowest BCUT2D eigenvalue weighted by atomic mass is 10.3. The van der Waals surface area contributed by atoms with Crippen LogP contribution < -0.4 is 11.1 Å². The number of aromatic nitrogens is 2. The summed E-state index contributed by atoms with van der Waals surface area (Å²) in [5.41, 5.74) is 5.46. The second-order valence-electron chi connectivity index (χ2n) is 2.56. The molecule has 6 heteroatoms. The summed E-state index contributed by atoms with van der Waals surface area (Å²) in [5.74, 6) is 0.591. The van der Waals surface area contributed by atoms with Crippen LogP contribution in [0.3, 0.4) is 0 Å². The maximum atomic E-state index is 8.63. The zero-order valence-electron chi connectivity index (χ0n) is 6.94. The largest absolute Gasteiger partial charge is 0.395 e. The van der Waals surface area contributed by atoms with E-state index in [2.05, 4.69) is 15.5 Å². The molecule has 4 N–H and O–H groups in total. The van der Waals surface area contributed by atoms with Gasteiger partial charge in [0.25, 0.3) is 0 Å². The predicted octanol–water partition coefficient (Wildman–Crippen LogP) is -0.139. The quantitative estimate of drug-likeness (QED) is 0.633. The number of halogens is 1. The molecule has 0 aliphatic carbocycles. The average Bonchev–Trinajstić information content (AvgIpc) is 2.16. The van der Waals surface area contributed by atoms with Crippen molar-refractivity contribution in [3.8, 4) is 0 Å². The molecule has 0 spiro atoms. The maximum Gasteiger partial charge on any atom is 0.151 e. The van der Waals surface area contributed by atoms with Gasteiger partial charge in [0, 0.05) is 12.6 Å². The molecule has 0 saturated carbocycles. The lowest BCUT2D eigenvalue weighted by Gasteiger charge is -2.09. The molecule has 0 radical (unpaired) electrons. The monoisotopic (exact) mass is 202 g/mol. The molecule has 1 rings (SSSR count). The molecule has 1 heterocycles. The van der Waals surface area contributed by atoms with E-state index in [0.29, 0.717) is 17.5 Å². The van der Waals surface area contributed by atoms with Crippen LogP contribution in [-0.4, -0.2) is 34.5 Å². The Balaban J connectivity index is 2.41.